The number of carbonyl (C=O) groups is 1. The molecule has 6 nitrogen and oxygen atoms in total. The summed E-state index contributed by atoms with van der Waals surface area (Å²) in [6, 6.07) is 3.44. The first kappa shape index (κ1) is 14.0. The fourth-order valence-corrected chi connectivity index (χ4v) is 2.31. The number of benzene rings is 1. The smallest absolute Gasteiger partial charge is 0.407 e. The SMILES string of the molecule is COc1cc(CO)cc(Br)c1OCC1CNC(=O)O1. The number of alkyl carbamates (subject to hydrolysis) is 1. The third-order valence-corrected chi connectivity index (χ3v) is 3.22. The van der Waals surface area contributed by atoms with Gasteiger partial charge < -0.3 is 24.6 Å². The molecule has 0 spiro atoms. The monoisotopic (exact) mass is 331 g/mol. The molecule has 1 amide bonds. The highest BCUT2D eigenvalue weighted by Gasteiger charge is 2.24. The van der Waals surface area contributed by atoms with Crippen molar-refractivity contribution in [3.05, 3.63) is 22.2 Å². The van der Waals surface area contributed by atoms with Crippen LogP contribution in [-0.4, -0.2) is 37.6 Å². The lowest BCUT2D eigenvalue weighted by molar-refractivity contribution is 0.103. The Kier molecular flexibility index (Phi) is 4.49. The van der Waals surface area contributed by atoms with Crippen LogP contribution in [0.25, 0.3) is 0 Å². The zero-order valence-electron chi connectivity index (χ0n) is 10.3. The van der Waals surface area contributed by atoms with Crippen LogP contribution in [0.4, 0.5) is 4.79 Å². The van der Waals surface area contributed by atoms with Crippen LogP contribution in [0.2, 0.25) is 0 Å². The second-order valence-corrected chi connectivity index (χ2v) is 4.84. The Hall–Kier alpha value is -1.47. The number of aliphatic hydroxyl groups excluding tert-OH is 1. The molecule has 2 N–H and O–H groups in total. The molecule has 0 saturated carbocycles. The number of methoxy groups -OCH3 is 1. The molecule has 1 aliphatic rings. The van der Waals surface area contributed by atoms with Gasteiger partial charge in [-0.25, -0.2) is 4.79 Å². The Bertz CT molecular complexity index is 479. The number of cyclic esters (lactones) is 1. The van der Waals surface area contributed by atoms with Gasteiger partial charge in [0.1, 0.15) is 6.61 Å². The predicted octanol–water partition coefficient (Wildman–Crippen LogP) is 1.44. The summed E-state index contributed by atoms with van der Waals surface area (Å²) in [5, 5.41) is 11.7. The van der Waals surface area contributed by atoms with Gasteiger partial charge in [0, 0.05) is 0 Å². The molecular formula is C12H14BrNO5. The highest BCUT2D eigenvalue weighted by molar-refractivity contribution is 9.10. The van der Waals surface area contributed by atoms with Crippen molar-refractivity contribution in [2.75, 3.05) is 20.3 Å². The third-order valence-electron chi connectivity index (χ3n) is 2.63. The van der Waals surface area contributed by atoms with Gasteiger partial charge in [-0.1, -0.05) is 0 Å². The summed E-state index contributed by atoms with van der Waals surface area (Å²) < 4.78 is 16.5. The summed E-state index contributed by atoms with van der Waals surface area (Å²) in [7, 11) is 1.52. The van der Waals surface area contributed by atoms with Crippen LogP contribution >= 0.6 is 15.9 Å². The molecule has 1 atom stereocenters. The molecule has 0 aromatic heterocycles. The van der Waals surface area contributed by atoms with Gasteiger partial charge in [-0.3, -0.25) is 0 Å². The van der Waals surface area contributed by atoms with E-state index in [-0.39, 0.29) is 19.3 Å². The topological polar surface area (TPSA) is 77.0 Å². The summed E-state index contributed by atoms with van der Waals surface area (Å²) in [6.45, 7) is 0.569. The number of carbonyl (C=O) groups excluding carboxylic acids is 1. The second-order valence-electron chi connectivity index (χ2n) is 3.99. The minimum Gasteiger partial charge on any atom is -0.493 e. The number of amides is 1. The van der Waals surface area contributed by atoms with Crippen molar-refractivity contribution in [1.29, 1.82) is 0 Å². The molecule has 1 aromatic carbocycles. The first-order valence-corrected chi connectivity index (χ1v) is 6.48. The van der Waals surface area contributed by atoms with Crippen molar-refractivity contribution < 1.29 is 24.1 Å². The zero-order valence-corrected chi connectivity index (χ0v) is 11.9. The maximum Gasteiger partial charge on any atom is 0.407 e. The Morgan fingerprint density at radius 2 is 2.37 bits per heavy atom. The average Bonchev–Trinajstić information content (AvgIpc) is 2.82. The largest absolute Gasteiger partial charge is 0.493 e. The number of hydrogen-bond acceptors (Lipinski definition) is 5. The van der Waals surface area contributed by atoms with Gasteiger partial charge in [-0.15, -0.1) is 0 Å². The van der Waals surface area contributed by atoms with Crippen LogP contribution in [0.15, 0.2) is 16.6 Å². The second kappa shape index (κ2) is 6.12. The molecule has 7 heteroatoms. The Labute approximate surface area is 118 Å². The summed E-state index contributed by atoms with van der Waals surface area (Å²) >= 11 is 3.36. The van der Waals surface area contributed by atoms with Gasteiger partial charge in [-0.05, 0) is 33.6 Å². The quantitative estimate of drug-likeness (QED) is 0.853. The van der Waals surface area contributed by atoms with E-state index in [0.29, 0.717) is 28.1 Å². The van der Waals surface area contributed by atoms with Crippen molar-refractivity contribution in [2.45, 2.75) is 12.7 Å². The van der Waals surface area contributed by atoms with E-state index >= 15 is 0 Å². The van der Waals surface area contributed by atoms with Crippen molar-refractivity contribution in [3.63, 3.8) is 0 Å². The van der Waals surface area contributed by atoms with Gasteiger partial charge in [0.25, 0.3) is 0 Å². The lowest BCUT2D eigenvalue weighted by Crippen LogP contribution is -2.22. The maximum atomic E-state index is 10.9. The van der Waals surface area contributed by atoms with E-state index in [2.05, 4.69) is 21.2 Å². The Morgan fingerprint density at radius 3 is 2.95 bits per heavy atom. The lowest BCUT2D eigenvalue weighted by atomic mass is 10.2. The number of ether oxygens (including phenoxy) is 3. The fraction of sp³-hybridized carbons (Fsp3) is 0.417. The van der Waals surface area contributed by atoms with Crippen molar-refractivity contribution in [2.24, 2.45) is 0 Å². The molecule has 1 unspecified atom stereocenters. The summed E-state index contributed by atoms with van der Waals surface area (Å²) in [4.78, 5) is 10.9. The van der Waals surface area contributed by atoms with E-state index in [4.69, 9.17) is 19.3 Å². The molecular weight excluding hydrogens is 318 g/mol. The molecule has 1 aromatic rings. The number of rotatable bonds is 5. The maximum absolute atomic E-state index is 10.9. The van der Waals surface area contributed by atoms with E-state index in [1.165, 1.54) is 7.11 Å². The zero-order chi connectivity index (χ0) is 13.8. The number of nitrogens with one attached hydrogen (secondary N) is 1. The number of hydrogen-bond donors (Lipinski definition) is 2. The molecule has 1 saturated heterocycles. The number of halogens is 1. The van der Waals surface area contributed by atoms with Gasteiger partial charge in [-0.2, -0.15) is 0 Å². The molecule has 1 aliphatic heterocycles. The number of aliphatic hydroxyl groups is 1. The van der Waals surface area contributed by atoms with E-state index in [9.17, 15) is 4.79 Å². The minimum absolute atomic E-state index is 0.0839. The summed E-state index contributed by atoms with van der Waals surface area (Å²) in [6.07, 6.45) is -0.753. The van der Waals surface area contributed by atoms with Crippen LogP contribution in [-0.2, 0) is 11.3 Å². The molecule has 1 fully saturated rings. The fourth-order valence-electron chi connectivity index (χ4n) is 1.71. The molecule has 19 heavy (non-hydrogen) atoms. The standard InChI is InChI=1S/C12H14BrNO5/c1-17-10-3-7(5-15)2-9(13)11(10)18-6-8-4-14-12(16)19-8/h2-3,8,15H,4-6H2,1H3,(H,14,16). The van der Waals surface area contributed by atoms with Gasteiger partial charge >= 0.3 is 6.09 Å². The van der Waals surface area contributed by atoms with Crippen LogP contribution in [0, 0.1) is 0 Å². The van der Waals surface area contributed by atoms with Crippen molar-refractivity contribution in [3.8, 4) is 11.5 Å². The van der Waals surface area contributed by atoms with Crippen molar-refractivity contribution in [1.82, 2.24) is 5.32 Å². The van der Waals surface area contributed by atoms with E-state index < -0.39 is 6.09 Å². The van der Waals surface area contributed by atoms with Crippen LogP contribution in [0.5, 0.6) is 11.5 Å². The third kappa shape index (κ3) is 3.30. The molecule has 0 aliphatic carbocycles. The molecule has 0 bridgehead atoms. The van der Waals surface area contributed by atoms with E-state index in [1.807, 2.05) is 0 Å². The Morgan fingerprint density at radius 1 is 1.58 bits per heavy atom. The first-order chi connectivity index (χ1) is 9.13. The first-order valence-electron chi connectivity index (χ1n) is 5.68. The van der Waals surface area contributed by atoms with Gasteiger partial charge in [0.05, 0.1) is 24.7 Å². The van der Waals surface area contributed by atoms with Crippen LogP contribution in [0.1, 0.15) is 5.56 Å². The highest BCUT2D eigenvalue weighted by atomic mass is 79.9. The minimum atomic E-state index is -0.435. The van der Waals surface area contributed by atoms with Gasteiger partial charge in [0.2, 0.25) is 0 Å². The van der Waals surface area contributed by atoms with Crippen LogP contribution < -0.4 is 14.8 Å². The normalized spacial score (nSPS) is 17.8. The van der Waals surface area contributed by atoms with E-state index in [1.54, 1.807) is 12.1 Å². The summed E-state index contributed by atoms with van der Waals surface area (Å²) in [5.74, 6) is 1.03. The van der Waals surface area contributed by atoms with Gasteiger partial charge in [0.15, 0.2) is 17.6 Å². The Balaban J connectivity index is 2.08. The highest BCUT2D eigenvalue weighted by Crippen LogP contribution is 2.36. The molecule has 104 valence electrons. The molecule has 0 radical (unpaired) electrons. The van der Waals surface area contributed by atoms with E-state index in [0.717, 1.165) is 0 Å². The van der Waals surface area contributed by atoms with Crippen molar-refractivity contribution >= 4 is 22.0 Å². The predicted molar refractivity (Wildman–Crippen MR) is 70.4 cm³/mol. The molecule has 2 rings (SSSR count). The average molecular weight is 332 g/mol. The lowest BCUT2D eigenvalue weighted by Gasteiger charge is -2.15. The molecule has 1 heterocycles. The summed E-state index contributed by atoms with van der Waals surface area (Å²) in [5.41, 5.74) is 0.713. The van der Waals surface area contributed by atoms with Crippen LogP contribution in [0.3, 0.4) is 0 Å².